The highest BCUT2D eigenvalue weighted by Crippen LogP contribution is 2.38. The van der Waals surface area contributed by atoms with E-state index in [-0.39, 0.29) is 18.2 Å². The summed E-state index contributed by atoms with van der Waals surface area (Å²) in [6, 6.07) is 12.2. The van der Waals surface area contributed by atoms with E-state index in [1.165, 1.54) is 11.8 Å². The Morgan fingerprint density at radius 3 is 2.79 bits per heavy atom. The summed E-state index contributed by atoms with van der Waals surface area (Å²) in [7, 11) is 0. The van der Waals surface area contributed by atoms with E-state index in [2.05, 4.69) is 15.7 Å². The average Bonchev–Trinajstić information content (AvgIpc) is 3.17. The number of anilines is 2. The lowest BCUT2D eigenvalue weighted by molar-refractivity contribution is -0.120. The van der Waals surface area contributed by atoms with Gasteiger partial charge in [-0.2, -0.15) is 5.10 Å². The maximum absolute atomic E-state index is 12.6. The molecule has 0 fully saturated rings. The number of thioether (sulfide) groups is 1. The van der Waals surface area contributed by atoms with Crippen molar-refractivity contribution in [2.75, 3.05) is 10.6 Å². The molecule has 28 heavy (non-hydrogen) atoms. The molecule has 1 aromatic heterocycles. The third-order valence-corrected chi connectivity index (χ3v) is 5.86. The molecule has 2 aromatic carbocycles. The molecule has 0 spiro atoms. The van der Waals surface area contributed by atoms with Gasteiger partial charge in [0.2, 0.25) is 11.8 Å². The van der Waals surface area contributed by atoms with Crippen molar-refractivity contribution in [1.82, 2.24) is 9.78 Å². The monoisotopic (exact) mass is 432 g/mol. The van der Waals surface area contributed by atoms with Crippen LogP contribution in [0.4, 0.5) is 11.4 Å². The number of carbonyl (C=O) groups is 2. The number of rotatable bonds is 4. The van der Waals surface area contributed by atoms with Crippen LogP contribution in [0.25, 0.3) is 5.69 Å². The second-order valence-corrected chi connectivity index (χ2v) is 8.22. The minimum Gasteiger partial charge on any atom is -0.324 e. The van der Waals surface area contributed by atoms with Crippen LogP contribution < -0.4 is 10.6 Å². The van der Waals surface area contributed by atoms with E-state index in [1.807, 2.05) is 6.07 Å². The third kappa shape index (κ3) is 4.01. The first kappa shape index (κ1) is 18.9. The van der Waals surface area contributed by atoms with Crippen molar-refractivity contribution < 1.29 is 9.59 Å². The molecule has 3 aromatic rings. The number of amides is 2. The Morgan fingerprint density at radius 1 is 1.21 bits per heavy atom. The van der Waals surface area contributed by atoms with Crippen molar-refractivity contribution in [3.63, 3.8) is 0 Å². The van der Waals surface area contributed by atoms with Crippen molar-refractivity contribution in [3.8, 4) is 5.69 Å². The van der Waals surface area contributed by atoms with Crippen molar-refractivity contribution >= 4 is 58.2 Å². The Labute approximate surface area is 175 Å². The van der Waals surface area contributed by atoms with Gasteiger partial charge in [0.1, 0.15) is 0 Å². The largest absolute Gasteiger partial charge is 0.324 e. The lowest BCUT2D eigenvalue weighted by Crippen LogP contribution is -2.32. The van der Waals surface area contributed by atoms with Crippen LogP contribution in [0.15, 0.2) is 59.8 Å². The zero-order valence-corrected chi connectivity index (χ0v) is 16.7. The van der Waals surface area contributed by atoms with E-state index >= 15 is 0 Å². The molecule has 9 heteroatoms. The zero-order valence-electron chi connectivity index (χ0n) is 14.4. The van der Waals surface area contributed by atoms with Gasteiger partial charge in [-0.15, -0.1) is 11.8 Å². The lowest BCUT2D eigenvalue weighted by atomic mass is 10.2. The van der Waals surface area contributed by atoms with Gasteiger partial charge in [0, 0.05) is 33.8 Å². The van der Waals surface area contributed by atoms with E-state index < -0.39 is 5.25 Å². The Hall–Kier alpha value is -2.48. The summed E-state index contributed by atoms with van der Waals surface area (Å²) in [6.07, 6.45) is 3.43. The first-order chi connectivity index (χ1) is 13.5. The Balaban J connectivity index is 1.50. The van der Waals surface area contributed by atoms with Crippen molar-refractivity contribution in [2.45, 2.75) is 16.6 Å². The molecule has 2 N–H and O–H groups in total. The summed E-state index contributed by atoms with van der Waals surface area (Å²) in [5.74, 6) is -0.519. The minimum absolute atomic E-state index is 0.0175. The van der Waals surface area contributed by atoms with Crippen LogP contribution in [0, 0.1) is 0 Å². The highest BCUT2D eigenvalue weighted by molar-refractivity contribution is 8.01. The summed E-state index contributed by atoms with van der Waals surface area (Å²) in [4.78, 5) is 25.9. The topological polar surface area (TPSA) is 76.0 Å². The molecule has 142 valence electrons. The molecule has 1 unspecified atom stereocenters. The minimum atomic E-state index is -0.541. The van der Waals surface area contributed by atoms with Gasteiger partial charge < -0.3 is 10.6 Å². The van der Waals surface area contributed by atoms with Gasteiger partial charge >= 0.3 is 0 Å². The van der Waals surface area contributed by atoms with Crippen molar-refractivity contribution in [1.29, 1.82) is 0 Å². The van der Waals surface area contributed by atoms with Crippen LogP contribution in [0.5, 0.6) is 0 Å². The van der Waals surface area contributed by atoms with Crippen LogP contribution in [-0.4, -0.2) is 26.8 Å². The fourth-order valence-corrected chi connectivity index (χ4v) is 4.28. The molecule has 0 saturated heterocycles. The molecular formula is C19H14Cl2N4O2S. The summed E-state index contributed by atoms with van der Waals surface area (Å²) in [6.45, 7) is 0. The van der Waals surface area contributed by atoms with Crippen LogP contribution >= 0.6 is 35.0 Å². The predicted molar refractivity (Wildman–Crippen MR) is 112 cm³/mol. The molecule has 0 bridgehead atoms. The van der Waals surface area contributed by atoms with E-state index in [1.54, 1.807) is 53.5 Å². The zero-order chi connectivity index (χ0) is 19.7. The molecule has 4 rings (SSSR count). The number of halogens is 2. The predicted octanol–water partition coefficient (Wildman–Crippen LogP) is 4.62. The van der Waals surface area contributed by atoms with Gasteiger partial charge in [0.15, 0.2) is 0 Å². The summed E-state index contributed by atoms with van der Waals surface area (Å²) in [5, 5.41) is 10.3. The third-order valence-electron chi connectivity index (χ3n) is 4.12. The van der Waals surface area contributed by atoms with Crippen LogP contribution in [0.2, 0.25) is 10.0 Å². The van der Waals surface area contributed by atoms with E-state index in [4.69, 9.17) is 23.2 Å². The lowest BCUT2D eigenvalue weighted by Gasteiger charge is -2.24. The quantitative estimate of drug-likeness (QED) is 0.630. The number of benzene rings is 2. The summed E-state index contributed by atoms with van der Waals surface area (Å²) < 4.78 is 1.63. The SMILES string of the molecule is O=C(CC1Sc2ccc(Cl)cc2NC1=O)Nc1cc(Cl)ccc1-n1cccn1. The van der Waals surface area contributed by atoms with Gasteiger partial charge in [0.25, 0.3) is 0 Å². The molecule has 1 aliphatic rings. The molecule has 6 nitrogen and oxygen atoms in total. The molecule has 0 saturated carbocycles. The summed E-state index contributed by atoms with van der Waals surface area (Å²) >= 11 is 13.4. The number of hydrogen-bond donors (Lipinski definition) is 2. The second-order valence-electron chi connectivity index (χ2n) is 6.10. The number of nitrogens with one attached hydrogen (secondary N) is 2. The first-order valence-corrected chi connectivity index (χ1v) is 9.99. The normalized spacial score (nSPS) is 15.6. The summed E-state index contributed by atoms with van der Waals surface area (Å²) in [5.41, 5.74) is 1.87. The smallest absolute Gasteiger partial charge is 0.238 e. The molecular weight excluding hydrogens is 419 g/mol. The fourth-order valence-electron chi connectivity index (χ4n) is 2.85. The molecule has 1 atom stereocenters. The van der Waals surface area contributed by atoms with Crippen molar-refractivity contribution in [2.24, 2.45) is 0 Å². The van der Waals surface area contributed by atoms with E-state index in [9.17, 15) is 9.59 Å². The molecule has 0 aliphatic carbocycles. The Bertz CT molecular complexity index is 1060. The fraction of sp³-hybridized carbons (Fsp3) is 0.105. The maximum atomic E-state index is 12.6. The van der Waals surface area contributed by atoms with Crippen LogP contribution in [-0.2, 0) is 9.59 Å². The second kappa shape index (κ2) is 7.87. The first-order valence-electron chi connectivity index (χ1n) is 8.36. The van der Waals surface area contributed by atoms with Gasteiger partial charge in [-0.05, 0) is 42.5 Å². The van der Waals surface area contributed by atoms with Gasteiger partial charge in [0.05, 0.1) is 22.3 Å². The molecule has 2 heterocycles. The molecule has 2 amide bonds. The van der Waals surface area contributed by atoms with Crippen molar-refractivity contribution in [3.05, 3.63) is 64.9 Å². The molecule has 0 radical (unpaired) electrons. The average molecular weight is 433 g/mol. The highest BCUT2D eigenvalue weighted by Gasteiger charge is 2.29. The number of hydrogen-bond acceptors (Lipinski definition) is 4. The van der Waals surface area contributed by atoms with Gasteiger partial charge in [-0.3, -0.25) is 9.59 Å². The maximum Gasteiger partial charge on any atom is 0.238 e. The molecule has 1 aliphatic heterocycles. The Kier molecular flexibility index (Phi) is 5.30. The van der Waals surface area contributed by atoms with E-state index in [0.29, 0.717) is 27.1 Å². The number of fused-ring (bicyclic) bond motifs is 1. The van der Waals surface area contributed by atoms with Crippen LogP contribution in [0.3, 0.4) is 0 Å². The number of nitrogens with zero attached hydrogens (tertiary/aromatic N) is 2. The van der Waals surface area contributed by atoms with E-state index in [0.717, 1.165) is 4.90 Å². The Morgan fingerprint density at radius 2 is 2.00 bits per heavy atom. The van der Waals surface area contributed by atoms with Gasteiger partial charge in [-0.25, -0.2) is 4.68 Å². The van der Waals surface area contributed by atoms with Gasteiger partial charge in [-0.1, -0.05) is 23.2 Å². The highest BCUT2D eigenvalue weighted by atomic mass is 35.5. The van der Waals surface area contributed by atoms with Crippen LogP contribution in [0.1, 0.15) is 6.42 Å². The number of carbonyl (C=O) groups excluding carboxylic acids is 2. The number of aromatic nitrogens is 2. The standard InChI is InChI=1S/C19H14Cl2N4O2S/c20-11-2-4-15(25-7-1-6-22-25)13(8-11)23-18(26)10-17-19(27)24-14-9-12(21)3-5-16(14)28-17/h1-9,17H,10H2,(H,23,26)(H,24,27).